The van der Waals surface area contributed by atoms with Gasteiger partial charge in [0.25, 0.3) is 0 Å². The molecule has 0 bridgehead atoms. The monoisotopic (exact) mass is 312 g/mol. The Morgan fingerprint density at radius 3 is 2.62 bits per heavy atom. The van der Waals surface area contributed by atoms with Crippen molar-refractivity contribution in [2.45, 2.75) is 12.8 Å². The summed E-state index contributed by atoms with van der Waals surface area (Å²) in [5.41, 5.74) is 0.367. The number of esters is 2. The van der Waals surface area contributed by atoms with Crippen molar-refractivity contribution < 1.29 is 23.8 Å². The zero-order valence-electron chi connectivity index (χ0n) is 11.8. The molecule has 0 saturated heterocycles. The number of unbranched alkanes of at least 4 members (excludes halogenated alkanes) is 1. The first-order chi connectivity index (χ1) is 10.1. The highest BCUT2D eigenvalue weighted by Gasteiger charge is 2.09. The highest BCUT2D eigenvalue weighted by Crippen LogP contribution is 2.25. The molecule has 0 spiro atoms. The summed E-state index contributed by atoms with van der Waals surface area (Å²) in [6.45, 7) is 4.06. The maximum absolute atomic E-state index is 11.3. The van der Waals surface area contributed by atoms with Gasteiger partial charge >= 0.3 is 11.9 Å². The van der Waals surface area contributed by atoms with Gasteiger partial charge in [0.15, 0.2) is 0 Å². The third kappa shape index (κ3) is 5.87. The molecule has 21 heavy (non-hydrogen) atoms. The van der Waals surface area contributed by atoms with E-state index in [1.54, 1.807) is 12.1 Å². The summed E-state index contributed by atoms with van der Waals surface area (Å²) in [6, 6.07) is 4.69. The molecule has 0 saturated carbocycles. The smallest absolute Gasteiger partial charge is 0.337 e. The highest BCUT2D eigenvalue weighted by atomic mass is 35.5. The standard InChI is InChI=1S/C15H17ClO5/c1-3-14(17)21-9-5-4-8-20-13-7-6-11(10-12(13)16)15(18)19-2/h3,6-7,10H,1,4-5,8-9H2,2H3. The van der Waals surface area contributed by atoms with Crippen LogP contribution in [0.25, 0.3) is 0 Å². The molecule has 0 heterocycles. The average molecular weight is 313 g/mol. The molecule has 0 aliphatic carbocycles. The van der Waals surface area contributed by atoms with Crippen LogP contribution in [0.3, 0.4) is 0 Å². The SMILES string of the molecule is C=CC(=O)OCCCCOc1ccc(C(=O)OC)cc1Cl. The lowest BCUT2D eigenvalue weighted by atomic mass is 10.2. The molecule has 0 atom stereocenters. The Morgan fingerprint density at radius 2 is 2.00 bits per heavy atom. The average Bonchev–Trinajstić information content (AvgIpc) is 2.50. The number of carbonyl (C=O) groups excluding carboxylic acids is 2. The van der Waals surface area contributed by atoms with Gasteiger partial charge in [-0.3, -0.25) is 0 Å². The number of carbonyl (C=O) groups is 2. The molecule has 0 amide bonds. The molecule has 0 N–H and O–H groups in total. The van der Waals surface area contributed by atoms with Crippen LogP contribution in [-0.2, 0) is 14.3 Å². The number of halogens is 1. The van der Waals surface area contributed by atoms with Gasteiger partial charge < -0.3 is 14.2 Å². The number of hydrogen-bond acceptors (Lipinski definition) is 5. The first-order valence-electron chi connectivity index (χ1n) is 6.38. The van der Waals surface area contributed by atoms with Crippen LogP contribution in [0.4, 0.5) is 0 Å². The maximum Gasteiger partial charge on any atom is 0.337 e. The Kier molecular flexibility index (Phi) is 7.32. The number of rotatable bonds is 8. The van der Waals surface area contributed by atoms with Crippen LogP contribution in [0.15, 0.2) is 30.9 Å². The van der Waals surface area contributed by atoms with Crippen molar-refractivity contribution in [2.75, 3.05) is 20.3 Å². The summed E-state index contributed by atoms with van der Waals surface area (Å²) < 4.78 is 14.9. The quantitative estimate of drug-likeness (QED) is 0.419. The molecule has 1 aromatic carbocycles. The summed E-state index contributed by atoms with van der Waals surface area (Å²) in [4.78, 5) is 22.1. The second-order valence-corrected chi connectivity index (χ2v) is 4.47. The van der Waals surface area contributed by atoms with Crippen molar-refractivity contribution >= 4 is 23.5 Å². The van der Waals surface area contributed by atoms with Crippen LogP contribution in [0, 0.1) is 0 Å². The van der Waals surface area contributed by atoms with E-state index in [4.69, 9.17) is 21.1 Å². The van der Waals surface area contributed by atoms with Gasteiger partial charge in [-0.1, -0.05) is 18.2 Å². The summed E-state index contributed by atoms with van der Waals surface area (Å²) in [5, 5.41) is 0.344. The lowest BCUT2D eigenvalue weighted by Gasteiger charge is -2.09. The summed E-state index contributed by atoms with van der Waals surface area (Å²) in [6.07, 6.45) is 2.51. The van der Waals surface area contributed by atoms with Crippen LogP contribution < -0.4 is 4.74 Å². The normalized spacial score (nSPS) is 9.81. The van der Waals surface area contributed by atoms with Crippen LogP contribution in [0.5, 0.6) is 5.75 Å². The van der Waals surface area contributed by atoms with Gasteiger partial charge in [-0.2, -0.15) is 0 Å². The first-order valence-corrected chi connectivity index (χ1v) is 6.76. The van der Waals surface area contributed by atoms with Crippen LogP contribution in [0.2, 0.25) is 5.02 Å². The van der Waals surface area contributed by atoms with E-state index < -0.39 is 11.9 Å². The van der Waals surface area contributed by atoms with Crippen molar-refractivity contribution in [1.29, 1.82) is 0 Å². The molecule has 114 valence electrons. The van der Waals surface area contributed by atoms with E-state index in [1.165, 1.54) is 13.2 Å². The minimum absolute atomic E-state index is 0.323. The van der Waals surface area contributed by atoms with Crippen LogP contribution in [-0.4, -0.2) is 32.3 Å². The number of hydrogen-bond donors (Lipinski definition) is 0. The van der Waals surface area contributed by atoms with Crippen molar-refractivity contribution in [3.05, 3.63) is 41.4 Å². The van der Waals surface area contributed by atoms with Gasteiger partial charge in [0.05, 0.1) is 30.9 Å². The first kappa shape index (κ1) is 17.0. The van der Waals surface area contributed by atoms with E-state index in [0.717, 1.165) is 6.08 Å². The Hall–Kier alpha value is -2.01. The van der Waals surface area contributed by atoms with Gasteiger partial charge in [-0.05, 0) is 31.0 Å². The van der Waals surface area contributed by atoms with Gasteiger partial charge in [0.2, 0.25) is 0 Å². The van der Waals surface area contributed by atoms with Gasteiger partial charge in [0, 0.05) is 6.08 Å². The second-order valence-electron chi connectivity index (χ2n) is 4.06. The molecule has 5 nitrogen and oxygen atoms in total. The molecular formula is C15H17ClO5. The van der Waals surface area contributed by atoms with E-state index >= 15 is 0 Å². The topological polar surface area (TPSA) is 61.8 Å². The predicted octanol–water partition coefficient (Wildman–Crippen LogP) is 3.01. The summed E-state index contributed by atoms with van der Waals surface area (Å²) >= 11 is 6.02. The lowest BCUT2D eigenvalue weighted by molar-refractivity contribution is -0.137. The van der Waals surface area contributed by atoms with Crippen molar-refractivity contribution in [3.63, 3.8) is 0 Å². The van der Waals surface area contributed by atoms with E-state index in [9.17, 15) is 9.59 Å². The van der Waals surface area contributed by atoms with Gasteiger partial charge in [-0.25, -0.2) is 9.59 Å². The fourth-order valence-electron chi connectivity index (χ4n) is 1.48. The Labute approximate surface area is 128 Å². The molecule has 0 aliphatic heterocycles. The molecule has 0 fully saturated rings. The zero-order chi connectivity index (χ0) is 15.7. The molecule has 1 aromatic rings. The van der Waals surface area contributed by atoms with Gasteiger partial charge in [0.1, 0.15) is 5.75 Å². The molecule has 6 heteroatoms. The second kappa shape index (κ2) is 9.02. The summed E-state index contributed by atoms with van der Waals surface area (Å²) in [7, 11) is 1.31. The van der Waals surface area contributed by atoms with Crippen molar-refractivity contribution in [3.8, 4) is 5.75 Å². The predicted molar refractivity (Wildman–Crippen MR) is 78.7 cm³/mol. The van der Waals surface area contributed by atoms with Gasteiger partial charge in [-0.15, -0.1) is 0 Å². The molecule has 0 aromatic heterocycles. The van der Waals surface area contributed by atoms with Crippen LogP contribution >= 0.6 is 11.6 Å². The molecule has 0 unspecified atom stereocenters. The largest absolute Gasteiger partial charge is 0.492 e. The minimum atomic E-state index is -0.451. The molecular weight excluding hydrogens is 296 g/mol. The van der Waals surface area contributed by atoms with Crippen molar-refractivity contribution in [2.24, 2.45) is 0 Å². The third-order valence-electron chi connectivity index (χ3n) is 2.56. The Balaban J connectivity index is 2.34. The minimum Gasteiger partial charge on any atom is -0.492 e. The highest BCUT2D eigenvalue weighted by molar-refractivity contribution is 6.32. The zero-order valence-corrected chi connectivity index (χ0v) is 12.5. The number of benzene rings is 1. The third-order valence-corrected chi connectivity index (χ3v) is 2.86. The van der Waals surface area contributed by atoms with E-state index in [1.807, 2.05) is 0 Å². The maximum atomic E-state index is 11.3. The number of ether oxygens (including phenoxy) is 3. The molecule has 1 rings (SSSR count). The van der Waals surface area contributed by atoms with Crippen molar-refractivity contribution in [1.82, 2.24) is 0 Å². The van der Waals surface area contributed by atoms with Crippen LogP contribution in [0.1, 0.15) is 23.2 Å². The molecule has 0 aliphatic rings. The van der Waals surface area contributed by atoms with E-state index in [2.05, 4.69) is 11.3 Å². The fraction of sp³-hybridized carbons (Fsp3) is 0.333. The molecule has 0 radical (unpaired) electrons. The van der Waals surface area contributed by atoms with E-state index in [0.29, 0.717) is 42.4 Å². The number of methoxy groups -OCH3 is 1. The lowest BCUT2D eigenvalue weighted by Crippen LogP contribution is -2.05. The Morgan fingerprint density at radius 1 is 1.29 bits per heavy atom. The fourth-order valence-corrected chi connectivity index (χ4v) is 1.72. The Bertz CT molecular complexity index is 513. The summed E-state index contributed by atoms with van der Waals surface area (Å²) in [5.74, 6) is -0.391. The van der Waals surface area contributed by atoms with E-state index in [-0.39, 0.29) is 0 Å².